The molecule has 4 heteroatoms. The number of benzene rings is 1. The van der Waals surface area contributed by atoms with Gasteiger partial charge in [-0.1, -0.05) is 6.07 Å². The number of likely N-dealkylation sites (N-methyl/N-ethyl adjacent to an activating group) is 1. The first kappa shape index (κ1) is 11.0. The van der Waals surface area contributed by atoms with Crippen molar-refractivity contribution < 1.29 is 4.79 Å². The van der Waals surface area contributed by atoms with Crippen LogP contribution in [0.15, 0.2) is 18.2 Å². The lowest BCUT2D eigenvalue weighted by Gasteiger charge is -2.36. The lowest BCUT2D eigenvalue weighted by atomic mass is 10.1. The van der Waals surface area contributed by atoms with Crippen molar-refractivity contribution >= 4 is 17.3 Å². The SMILES string of the molecule is CC(=O)Nc1ccc2c(c1)N(C)N(C)CC2. The Labute approximate surface area is 95.8 Å². The van der Waals surface area contributed by atoms with E-state index in [1.165, 1.54) is 18.2 Å². The van der Waals surface area contributed by atoms with Crippen LogP contribution in [-0.2, 0) is 11.2 Å². The predicted molar refractivity (Wildman–Crippen MR) is 65.5 cm³/mol. The van der Waals surface area contributed by atoms with Gasteiger partial charge in [0.25, 0.3) is 0 Å². The molecular formula is C12H17N3O. The molecule has 4 nitrogen and oxygen atoms in total. The summed E-state index contributed by atoms with van der Waals surface area (Å²) in [5, 5.41) is 7.09. The van der Waals surface area contributed by atoms with Gasteiger partial charge in [-0.05, 0) is 24.1 Å². The van der Waals surface area contributed by atoms with Crippen LogP contribution in [0, 0.1) is 0 Å². The number of rotatable bonds is 1. The number of nitrogens with zero attached hydrogens (tertiary/aromatic N) is 2. The van der Waals surface area contributed by atoms with Crippen molar-refractivity contribution in [3.63, 3.8) is 0 Å². The average Bonchev–Trinajstić information content (AvgIpc) is 2.23. The van der Waals surface area contributed by atoms with Gasteiger partial charge in [-0.3, -0.25) is 4.79 Å². The second-order valence-corrected chi connectivity index (χ2v) is 4.18. The van der Waals surface area contributed by atoms with Crippen LogP contribution in [0.1, 0.15) is 12.5 Å². The van der Waals surface area contributed by atoms with E-state index in [0.29, 0.717) is 0 Å². The Hall–Kier alpha value is -1.55. The maximum atomic E-state index is 11.0. The van der Waals surface area contributed by atoms with E-state index in [-0.39, 0.29) is 5.91 Å². The standard InChI is InChI=1S/C12H17N3O/c1-9(16)13-11-5-4-10-6-7-14(2)15(3)12(10)8-11/h4-5,8H,6-7H2,1-3H3,(H,13,16). The third-order valence-corrected chi connectivity index (χ3v) is 2.97. The highest BCUT2D eigenvalue weighted by atomic mass is 16.1. The van der Waals surface area contributed by atoms with Crippen LogP contribution in [0.25, 0.3) is 0 Å². The van der Waals surface area contributed by atoms with Crippen molar-refractivity contribution in [2.45, 2.75) is 13.3 Å². The number of nitrogens with one attached hydrogen (secondary N) is 1. The van der Waals surface area contributed by atoms with Crippen molar-refractivity contribution in [3.8, 4) is 0 Å². The number of hydrazine groups is 1. The van der Waals surface area contributed by atoms with Crippen molar-refractivity contribution in [2.24, 2.45) is 0 Å². The van der Waals surface area contributed by atoms with E-state index in [9.17, 15) is 4.79 Å². The van der Waals surface area contributed by atoms with E-state index in [1.807, 2.05) is 19.2 Å². The molecular weight excluding hydrogens is 202 g/mol. The Kier molecular flexibility index (Phi) is 2.83. The quantitative estimate of drug-likeness (QED) is 0.777. The largest absolute Gasteiger partial charge is 0.326 e. The molecule has 1 aliphatic rings. The monoisotopic (exact) mass is 219 g/mol. The third-order valence-electron chi connectivity index (χ3n) is 2.97. The number of amides is 1. The third kappa shape index (κ3) is 2.02. The minimum absolute atomic E-state index is 0.0354. The summed E-state index contributed by atoms with van der Waals surface area (Å²) < 4.78 is 0. The summed E-state index contributed by atoms with van der Waals surface area (Å²) in [6, 6.07) is 6.07. The fraction of sp³-hybridized carbons (Fsp3) is 0.417. The topological polar surface area (TPSA) is 35.6 Å². The Morgan fingerprint density at radius 3 is 2.81 bits per heavy atom. The molecule has 0 radical (unpaired) electrons. The highest BCUT2D eigenvalue weighted by Gasteiger charge is 2.18. The molecule has 0 unspecified atom stereocenters. The first-order valence-corrected chi connectivity index (χ1v) is 5.43. The fourth-order valence-electron chi connectivity index (χ4n) is 1.97. The zero-order chi connectivity index (χ0) is 11.7. The minimum atomic E-state index is -0.0354. The van der Waals surface area contributed by atoms with Crippen LogP contribution in [0.2, 0.25) is 0 Å². The number of carbonyl (C=O) groups is 1. The summed E-state index contributed by atoms with van der Waals surface area (Å²) in [6.07, 6.45) is 1.05. The average molecular weight is 219 g/mol. The maximum absolute atomic E-state index is 11.0. The summed E-state index contributed by atoms with van der Waals surface area (Å²) in [4.78, 5) is 11.0. The van der Waals surface area contributed by atoms with Gasteiger partial charge >= 0.3 is 0 Å². The van der Waals surface area contributed by atoms with Gasteiger partial charge in [0.1, 0.15) is 0 Å². The molecule has 1 aliphatic heterocycles. The molecule has 86 valence electrons. The normalized spacial score (nSPS) is 15.8. The van der Waals surface area contributed by atoms with Crippen LogP contribution in [-0.4, -0.2) is 31.6 Å². The van der Waals surface area contributed by atoms with Crippen LogP contribution in [0.3, 0.4) is 0 Å². The van der Waals surface area contributed by atoms with Gasteiger partial charge in [0.15, 0.2) is 0 Å². The molecule has 1 N–H and O–H groups in total. The van der Waals surface area contributed by atoms with E-state index in [1.54, 1.807) is 0 Å². The first-order chi connectivity index (χ1) is 7.58. The fourth-order valence-corrected chi connectivity index (χ4v) is 1.97. The zero-order valence-corrected chi connectivity index (χ0v) is 9.95. The van der Waals surface area contributed by atoms with Crippen molar-refractivity contribution in [1.29, 1.82) is 0 Å². The van der Waals surface area contributed by atoms with Gasteiger partial charge in [0, 0.05) is 33.3 Å². The molecule has 1 aromatic rings. The van der Waals surface area contributed by atoms with Gasteiger partial charge in [-0.2, -0.15) is 0 Å². The minimum Gasteiger partial charge on any atom is -0.326 e. The second-order valence-electron chi connectivity index (χ2n) is 4.18. The van der Waals surface area contributed by atoms with Gasteiger partial charge < -0.3 is 10.3 Å². The Morgan fingerprint density at radius 2 is 2.12 bits per heavy atom. The molecule has 0 aliphatic carbocycles. The van der Waals surface area contributed by atoms with Gasteiger partial charge in [-0.15, -0.1) is 0 Å². The van der Waals surface area contributed by atoms with Crippen molar-refractivity contribution in [1.82, 2.24) is 5.01 Å². The van der Waals surface area contributed by atoms with Crippen molar-refractivity contribution in [3.05, 3.63) is 23.8 Å². The summed E-state index contributed by atoms with van der Waals surface area (Å²) in [7, 11) is 4.10. The molecule has 1 heterocycles. The Balaban J connectivity index is 2.32. The highest BCUT2D eigenvalue weighted by molar-refractivity contribution is 5.89. The molecule has 2 rings (SSSR count). The van der Waals surface area contributed by atoms with Gasteiger partial charge in [0.05, 0.1) is 5.69 Å². The predicted octanol–water partition coefficient (Wildman–Crippen LogP) is 1.48. The van der Waals surface area contributed by atoms with Crippen LogP contribution in [0.4, 0.5) is 11.4 Å². The molecule has 1 aromatic carbocycles. The molecule has 16 heavy (non-hydrogen) atoms. The smallest absolute Gasteiger partial charge is 0.221 e. The molecule has 0 atom stereocenters. The number of fused-ring (bicyclic) bond motifs is 1. The van der Waals surface area contributed by atoms with Gasteiger partial charge in [0.2, 0.25) is 5.91 Å². The van der Waals surface area contributed by atoms with Gasteiger partial charge in [-0.25, -0.2) is 5.01 Å². The molecule has 0 bridgehead atoms. The maximum Gasteiger partial charge on any atom is 0.221 e. The Morgan fingerprint density at radius 1 is 1.38 bits per heavy atom. The number of carbonyl (C=O) groups excluding carboxylic acids is 1. The number of anilines is 2. The molecule has 0 fully saturated rings. The van der Waals surface area contributed by atoms with E-state index in [4.69, 9.17) is 0 Å². The summed E-state index contributed by atoms with van der Waals surface area (Å²) >= 11 is 0. The molecule has 0 aromatic heterocycles. The van der Waals surface area contributed by atoms with Crippen LogP contribution < -0.4 is 10.3 Å². The van der Waals surface area contributed by atoms with E-state index in [2.05, 4.69) is 28.4 Å². The van der Waals surface area contributed by atoms with E-state index in [0.717, 1.165) is 18.7 Å². The summed E-state index contributed by atoms with van der Waals surface area (Å²) in [6.45, 7) is 2.55. The van der Waals surface area contributed by atoms with E-state index >= 15 is 0 Å². The zero-order valence-electron chi connectivity index (χ0n) is 9.95. The lowest BCUT2D eigenvalue weighted by Crippen LogP contribution is -2.41. The highest BCUT2D eigenvalue weighted by Crippen LogP contribution is 2.28. The summed E-state index contributed by atoms with van der Waals surface area (Å²) in [5.41, 5.74) is 3.35. The molecule has 1 amide bonds. The second kappa shape index (κ2) is 4.14. The number of hydrogen-bond acceptors (Lipinski definition) is 3. The first-order valence-electron chi connectivity index (χ1n) is 5.43. The van der Waals surface area contributed by atoms with Crippen LogP contribution in [0.5, 0.6) is 0 Å². The van der Waals surface area contributed by atoms with Crippen molar-refractivity contribution in [2.75, 3.05) is 31.0 Å². The molecule has 0 spiro atoms. The summed E-state index contributed by atoms with van der Waals surface area (Å²) in [5.74, 6) is -0.0354. The molecule has 0 saturated carbocycles. The Bertz CT molecular complexity index is 417. The number of hydrogen-bond donors (Lipinski definition) is 1. The van der Waals surface area contributed by atoms with Crippen LogP contribution >= 0.6 is 0 Å². The molecule has 0 saturated heterocycles. The lowest BCUT2D eigenvalue weighted by molar-refractivity contribution is -0.114. The van der Waals surface area contributed by atoms with E-state index < -0.39 is 0 Å².